The largest absolute Gasteiger partial charge is 0.495 e. The fourth-order valence-corrected chi connectivity index (χ4v) is 6.68. The Hall–Kier alpha value is -3.14. The molecule has 0 amide bonds. The maximum atomic E-state index is 13.9. The first-order valence-electron chi connectivity index (χ1n) is 13.0. The third kappa shape index (κ3) is 3.56. The highest BCUT2D eigenvalue weighted by Gasteiger charge is 2.43. The number of allylic oxidation sites excluding steroid dienone is 2. The number of rotatable bonds is 3. The van der Waals surface area contributed by atoms with E-state index >= 15 is 0 Å². The molecule has 0 aromatic heterocycles. The molecule has 6 rings (SSSR count). The molecule has 2 aromatic carbocycles. The Balaban J connectivity index is 1.33. The summed E-state index contributed by atoms with van der Waals surface area (Å²) in [5, 5.41) is 9.37. The third-order valence-corrected chi connectivity index (χ3v) is 8.76. The Kier molecular flexibility index (Phi) is 5.66. The number of hydrogen-bond donors (Lipinski definition) is 0. The van der Waals surface area contributed by atoms with Crippen LogP contribution in [-0.2, 0) is 16.6 Å². The van der Waals surface area contributed by atoms with E-state index in [-0.39, 0.29) is 11.2 Å². The number of anilines is 1. The molecule has 186 valence electrons. The number of ketones is 1. The first kappa shape index (κ1) is 23.3. The van der Waals surface area contributed by atoms with Crippen LogP contribution in [0.1, 0.15) is 59.3 Å². The molecule has 36 heavy (non-hydrogen) atoms. The summed E-state index contributed by atoms with van der Waals surface area (Å²) in [7, 11) is 1.70. The second-order valence-corrected chi connectivity index (χ2v) is 10.9. The molecular formula is C30H33N3O3. The molecule has 0 atom stereocenters. The van der Waals surface area contributed by atoms with Gasteiger partial charge in [-0.25, -0.2) is 0 Å². The predicted molar refractivity (Wildman–Crippen MR) is 140 cm³/mol. The zero-order valence-corrected chi connectivity index (χ0v) is 21.4. The smallest absolute Gasteiger partial charge is 0.194 e. The van der Waals surface area contributed by atoms with Gasteiger partial charge in [0, 0.05) is 48.8 Å². The molecule has 0 spiro atoms. The van der Waals surface area contributed by atoms with Gasteiger partial charge in [0.1, 0.15) is 5.75 Å². The van der Waals surface area contributed by atoms with Gasteiger partial charge in [-0.2, -0.15) is 5.26 Å². The maximum Gasteiger partial charge on any atom is 0.194 e. The minimum atomic E-state index is -0.294. The number of carbonyl (C=O) groups excluding carboxylic acids is 1. The lowest BCUT2D eigenvalue weighted by molar-refractivity contribution is 0.0115. The van der Waals surface area contributed by atoms with Gasteiger partial charge in [-0.1, -0.05) is 19.9 Å². The van der Waals surface area contributed by atoms with Crippen LogP contribution in [0.2, 0.25) is 0 Å². The van der Waals surface area contributed by atoms with Crippen LogP contribution in [0.25, 0.3) is 5.57 Å². The lowest BCUT2D eigenvalue weighted by atomic mass is 9.68. The van der Waals surface area contributed by atoms with E-state index in [9.17, 15) is 10.1 Å². The van der Waals surface area contributed by atoms with Gasteiger partial charge in [0.05, 0.1) is 37.6 Å². The van der Waals surface area contributed by atoms with Crippen molar-refractivity contribution in [3.05, 3.63) is 63.7 Å². The molecule has 0 saturated carbocycles. The summed E-state index contributed by atoms with van der Waals surface area (Å²) in [6.07, 6.45) is 2.95. The predicted octanol–water partition coefficient (Wildman–Crippen LogP) is 4.35. The minimum Gasteiger partial charge on any atom is -0.495 e. The van der Waals surface area contributed by atoms with Crippen molar-refractivity contribution in [1.82, 2.24) is 4.90 Å². The van der Waals surface area contributed by atoms with Gasteiger partial charge in [0.25, 0.3) is 0 Å². The van der Waals surface area contributed by atoms with E-state index in [0.29, 0.717) is 18.0 Å². The molecule has 0 radical (unpaired) electrons. The Morgan fingerprint density at radius 2 is 1.81 bits per heavy atom. The Labute approximate surface area is 213 Å². The first-order valence-corrected chi connectivity index (χ1v) is 13.0. The van der Waals surface area contributed by atoms with Crippen LogP contribution in [0.15, 0.2) is 35.9 Å². The molecule has 2 heterocycles. The Morgan fingerprint density at radius 3 is 2.50 bits per heavy atom. The number of nitrogens with zero attached hydrogens (tertiary/aromatic N) is 3. The summed E-state index contributed by atoms with van der Waals surface area (Å²) in [4.78, 5) is 18.9. The van der Waals surface area contributed by atoms with Crippen molar-refractivity contribution >= 4 is 17.0 Å². The van der Waals surface area contributed by atoms with Crippen LogP contribution >= 0.6 is 0 Å². The van der Waals surface area contributed by atoms with Crippen LogP contribution in [0.3, 0.4) is 0 Å². The van der Waals surface area contributed by atoms with Crippen LogP contribution < -0.4 is 9.64 Å². The number of carbonyl (C=O) groups is 1. The van der Waals surface area contributed by atoms with E-state index in [1.54, 1.807) is 7.11 Å². The Morgan fingerprint density at radius 1 is 1.06 bits per heavy atom. The Bertz CT molecular complexity index is 1310. The molecular weight excluding hydrogens is 450 g/mol. The van der Waals surface area contributed by atoms with Crippen LogP contribution in [-0.4, -0.2) is 63.2 Å². The van der Waals surface area contributed by atoms with E-state index in [0.717, 1.165) is 97.1 Å². The normalized spacial score (nSPS) is 21.6. The second kappa shape index (κ2) is 8.76. The van der Waals surface area contributed by atoms with Crippen molar-refractivity contribution in [1.29, 1.82) is 5.26 Å². The third-order valence-electron chi connectivity index (χ3n) is 8.76. The van der Waals surface area contributed by atoms with Crippen molar-refractivity contribution in [2.75, 3.05) is 51.4 Å². The van der Waals surface area contributed by atoms with Gasteiger partial charge < -0.3 is 14.4 Å². The second-order valence-electron chi connectivity index (χ2n) is 10.9. The van der Waals surface area contributed by atoms with Crippen LogP contribution in [0, 0.1) is 11.3 Å². The molecule has 2 aliphatic heterocycles. The zero-order chi connectivity index (χ0) is 25.0. The lowest BCUT2D eigenvalue weighted by Crippen LogP contribution is -2.49. The van der Waals surface area contributed by atoms with Crippen LogP contribution in [0.5, 0.6) is 5.75 Å². The number of benzene rings is 2. The molecule has 2 aromatic rings. The summed E-state index contributed by atoms with van der Waals surface area (Å²) >= 11 is 0. The van der Waals surface area contributed by atoms with Gasteiger partial charge in [-0.15, -0.1) is 0 Å². The zero-order valence-electron chi connectivity index (χ0n) is 21.4. The summed E-state index contributed by atoms with van der Waals surface area (Å²) in [5.74, 6) is 0.837. The SMILES string of the molecule is COc1cc2c(cc1N1CCC(N3CCOCC3)CC1)C(C)(C)C1=C(C2=O)c2ccc(C#N)cc2C1. The molecule has 2 aliphatic carbocycles. The van der Waals surface area contributed by atoms with E-state index in [1.165, 1.54) is 0 Å². The van der Waals surface area contributed by atoms with Gasteiger partial charge in [-0.3, -0.25) is 9.69 Å². The monoisotopic (exact) mass is 483 g/mol. The number of Topliss-reactive ketones (excluding diaryl/α,β-unsaturated/α-hetero) is 1. The first-order chi connectivity index (χ1) is 17.4. The van der Waals surface area contributed by atoms with E-state index < -0.39 is 0 Å². The van der Waals surface area contributed by atoms with Crippen molar-refractivity contribution in [3.63, 3.8) is 0 Å². The van der Waals surface area contributed by atoms with Crippen molar-refractivity contribution in [2.24, 2.45) is 0 Å². The van der Waals surface area contributed by atoms with Crippen molar-refractivity contribution < 1.29 is 14.3 Å². The van der Waals surface area contributed by atoms with Crippen molar-refractivity contribution in [2.45, 2.75) is 44.6 Å². The van der Waals surface area contributed by atoms with E-state index in [4.69, 9.17) is 9.47 Å². The van der Waals surface area contributed by atoms with Gasteiger partial charge in [0.15, 0.2) is 5.78 Å². The van der Waals surface area contributed by atoms with Crippen molar-refractivity contribution in [3.8, 4) is 11.8 Å². The molecule has 0 bridgehead atoms. The molecule has 6 heteroatoms. The highest BCUT2D eigenvalue weighted by Crippen LogP contribution is 2.52. The molecule has 2 fully saturated rings. The number of nitriles is 1. The van der Waals surface area contributed by atoms with Gasteiger partial charge >= 0.3 is 0 Å². The molecule has 0 unspecified atom stereocenters. The minimum absolute atomic E-state index is 0.0682. The fraction of sp³-hybridized carbons (Fsp3) is 0.467. The quantitative estimate of drug-likeness (QED) is 0.647. The average molecular weight is 484 g/mol. The van der Waals surface area contributed by atoms with E-state index in [1.807, 2.05) is 24.3 Å². The number of ether oxygens (including phenoxy) is 2. The fourth-order valence-electron chi connectivity index (χ4n) is 6.68. The standard InChI is InChI=1S/C30H33N3O3/c1-30(2)24-17-26(33-8-6-21(7-9-33)32-10-12-36-13-11-32)27(35-3)16-23(24)29(34)28-22-5-4-19(18-31)14-20(22)15-25(28)30/h4-5,14,16-17,21H,6-13,15H2,1-3H3. The summed E-state index contributed by atoms with van der Waals surface area (Å²) in [5.41, 5.74) is 7.26. The summed E-state index contributed by atoms with van der Waals surface area (Å²) in [6.45, 7) is 10.1. The molecule has 2 saturated heterocycles. The molecule has 4 aliphatic rings. The molecule has 0 N–H and O–H groups in total. The molecule has 6 nitrogen and oxygen atoms in total. The lowest BCUT2D eigenvalue weighted by Gasteiger charge is -2.42. The topological polar surface area (TPSA) is 65.8 Å². The highest BCUT2D eigenvalue weighted by atomic mass is 16.5. The maximum absolute atomic E-state index is 13.9. The van der Waals surface area contributed by atoms with Gasteiger partial charge in [-0.05, 0) is 65.8 Å². The average Bonchev–Trinajstić information content (AvgIpc) is 3.32. The van der Waals surface area contributed by atoms with Gasteiger partial charge in [0.2, 0.25) is 0 Å². The summed E-state index contributed by atoms with van der Waals surface area (Å²) < 4.78 is 11.4. The van der Waals surface area contributed by atoms with Crippen LogP contribution in [0.4, 0.5) is 5.69 Å². The summed E-state index contributed by atoms with van der Waals surface area (Å²) in [6, 6.07) is 12.7. The number of methoxy groups -OCH3 is 1. The highest BCUT2D eigenvalue weighted by molar-refractivity contribution is 6.33. The number of piperidine rings is 1. The van der Waals surface area contributed by atoms with E-state index in [2.05, 4.69) is 35.8 Å². The number of fused-ring (bicyclic) bond motifs is 3. The number of hydrogen-bond acceptors (Lipinski definition) is 6. The number of morpholine rings is 1.